The molecule has 1 heterocycles. The monoisotopic (exact) mass is 404 g/mol. The second-order valence-corrected chi connectivity index (χ2v) is 7.72. The number of hydrogen-bond acceptors (Lipinski definition) is 2. The average molecular weight is 405 g/mol. The Morgan fingerprint density at radius 2 is 1.86 bits per heavy atom. The first kappa shape index (κ1) is 19.2. The number of carbonyl (C=O) groups is 2. The molecule has 29 heavy (non-hydrogen) atoms. The van der Waals surface area contributed by atoms with Gasteiger partial charge in [0.05, 0.1) is 12.5 Å². The number of aryl methyl sites for hydroxylation is 1. The first-order valence-corrected chi connectivity index (χ1v) is 9.88. The van der Waals surface area contributed by atoms with Crippen molar-refractivity contribution in [3.63, 3.8) is 0 Å². The fourth-order valence-corrected chi connectivity index (χ4v) is 3.98. The SMILES string of the molecule is Cc1cccc(CC(=O)N2CC(=O)Nc3ccc(Cl)cc3[C@@H]2c2ccccc2)c1. The molecule has 2 amide bonds. The van der Waals surface area contributed by atoms with Crippen molar-refractivity contribution in [2.45, 2.75) is 19.4 Å². The molecule has 3 aromatic rings. The normalized spacial score (nSPS) is 16.0. The molecule has 3 aromatic carbocycles. The van der Waals surface area contributed by atoms with E-state index in [1.54, 1.807) is 17.0 Å². The van der Waals surface area contributed by atoms with Gasteiger partial charge in [0, 0.05) is 16.3 Å². The summed E-state index contributed by atoms with van der Waals surface area (Å²) >= 11 is 6.28. The molecule has 1 aliphatic rings. The summed E-state index contributed by atoms with van der Waals surface area (Å²) in [6.07, 6.45) is 0.230. The molecule has 5 heteroatoms. The second-order valence-electron chi connectivity index (χ2n) is 7.28. The summed E-state index contributed by atoms with van der Waals surface area (Å²) in [5.41, 5.74) is 4.45. The summed E-state index contributed by atoms with van der Waals surface area (Å²) in [5, 5.41) is 3.48. The van der Waals surface area contributed by atoms with Crippen LogP contribution in [0.15, 0.2) is 72.8 Å². The van der Waals surface area contributed by atoms with E-state index in [-0.39, 0.29) is 24.8 Å². The number of carbonyl (C=O) groups excluding carboxylic acids is 2. The number of rotatable bonds is 3. The van der Waals surface area contributed by atoms with Crippen molar-refractivity contribution in [3.8, 4) is 0 Å². The van der Waals surface area contributed by atoms with Crippen LogP contribution in [-0.4, -0.2) is 23.3 Å². The molecule has 1 atom stereocenters. The Morgan fingerprint density at radius 1 is 1.07 bits per heavy atom. The Labute approximate surface area is 175 Å². The second kappa shape index (κ2) is 8.10. The lowest BCUT2D eigenvalue weighted by atomic mass is 9.95. The quantitative estimate of drug-likeness (QED) is 0.684. The van der Waals surface area contributed by atoms with Crippen LogP contribution in [0, 0.1) is 6.92 Å². The highest BCUT2D eigenvalue weighted by atomic mass is 35.5. The minimum absolute atomic E-state index is 0.0174. The van der Waals surface area contributed by atoms with E-state index in [0.29, 0.717) is 10.7 Å². The molecular weight excluding hydrogens is 384 g/mol. The lowest BCUT2D eigenvalue weighted by molar-refractivity contribution is -0.135. The minimum Gasteiger partial charge on any atom is -0.324 e. The first-order chi connectivity index (χ1) is 14.0. The molecule has 1 aliphatic heterocycles. The third-order valence-electron chi connectivity index (χ3n) is 5.08. The lowest BCUT2D eigenvalue weighted by Crippen LogP contribution is -2.39. The number of hydrogen-bond donors (Lipinski definition) is 1. The number of fused-ring (bicyclic) bond motifs is 1. The molecule has 1 N–H and O–H groups in total. The highest BCUT2D eigenvalue weighted by molar-refractivity contribution is 6.30. The maximum atomic E-state index is 13.4. The van der Waals surface area contributed by atoms with Gasteiger partial charge < -0.3 is 10.2 Å². The highest BCUT2D eigenvalue weighted by Crippen LogP contribution is 2.37. The largest absolute Gasteiger partial charge is 0.324 e. The Balaban J connectivity index is 1.79. The minimum atomic E-state index is -0.402. The molecule has 0 aliphatic carbocycles. The van der Waals surface area contributed by atoms with E-state index in [1.165, 1.54) is 0 Å². The van der Waals surface area contributed by atoms with Crippen molar-refractivity contribution in [3.05, 3.63) is 100 Å². The van der Waals surface area contributed by atoms with Crippen molar-refractivity contribution in [1.82, 2.24) is 4.90 Å². The van der Waals surface area contributed by atoms with Crippen LogP contribution in [0.2, 0.25) is 5.02 Å². The molecule has 0 radical (unpaired) electrons. The smallest absolute Gasteiger partial charge is 0.244 e. The van der Waals surface area contributed by atoms with Crippen LogP contribution in [0.1, 0.15) is 28.3 Å². The van der Waals surface area contributed by atoms with Gasteiger partial charge in [0.2, 0.25) is 11.8 Å². The molecule has 146 valence electrons. The van der Waals surface area contributed by atoms with Gasteiger partial charge in [-0.05, 0) is 36.2 Å². The van der Waals surface area contributed by atoms with Crippen LogP contribution in [0.5, 0.6) is 0 Å². The predicted octanol–water partition coefficient (Wildman–Crippen LogP) is 4.76. The number of amides is 2. The van der Waals surface area contributed by atoms with E-state index in [9.17, 15) is 9.59 Å². The van der Waals surface area contributed by atoms with Crippen molar-refractivity contribution in [2.24, 2.45) is 0 Å². The molecule has 0 unspecified atom stereocenters. The van der Waals surface area contributed by atoms with Crippen molar-refractivity contribution >= 4 is 29.1 Å². The highest BCUT2D eigenvalue weighted by Gasteiger charge is 2.33. The van der Waals surface area contributed by atoms with Crippen LogP contribution in [-0.2, 0) is 16.0 Å². The third kappa shape index (κ3) is 4.17. The van der Waals surface area contributed by atoms with Crippen LogP contribution in [0.4, 0.5) is 5.69 Å². The first-order valence-electron chi connectivity index (χ1n) is 9.50. The van der Waals surface area contributed by atoms with Crippen LogP contribution in [0.3, 0.4) is 0 Å². The molecule has 0 saturated heterocycles. The van der Waals surface area contributed by atoms with E-state index >= 15 is 0 Å². The zero-order valence-corrected chi connectivity index (χ0v) is 16.8. The lowest BCUT2D eigenvalue weighted by Gasteiger charge is -2.31. The molecular formula is C24H21ClN2O2. The maximum Gasteiger partial charge on any atom is 0.244 e. The zero-order valence-electron chi connectivity index (χ0n) is 16.1. The van der Waals surface area contributed by atoms with Gasteiger partial charge in [-0.2, -0.15) is 0 Å². The third-order valence-corrected chi connectivity index (χ3v) is 5.32. The Bertz CT molecular complexity index is 1070. The number of nitrogens with one attached hydrogen (secondary N) is 1. The van der Waals surface area contributed by atoms with Crippen LogP contribution >= 0.6 is 11.6 Å². The van der Waals surface area contributed by atoms with E-state index in [4.69, 9.17) is 11.6 Å². The Morgan fingerprint density at radius 3 is 2.62 bits per heavy atom. The number of nitrogens with zero attached hydrogens (tertiary/aromatic N) is 1. The summed E-state index contributed by atoms with van der Waals surface area (Å²) in [7, 11) is 0. The number of anilines is 1. The van der Waals surface area contributed by atoms with Crippen LogP contribution < -0.4 is 5.32 Å². The molecule has 0 aromatic heterocycles. The standard InChI is InChI=1S/C24H21ClN2O2/c1-16-6-5-7-17(12-16)13-23(29)27-15-22(28)26-21-11-10-19(25)14-20(21)24(27)18-8-3-2-4-9-18/h2-12,14,24H,13,15H2,1H3,(H,26,28)/t24-/m0/s1. The van der Waals surface area contributed by atoms with Gasteiger partial charge in [-0.3, -0.25) is 9.59 Å². The summed E-state index contributed by atoms with van der Waals surface area (Å²) in [6.45, 7) is 1.98. The van der Waals surface area contributed by atoms with Gasteiger partial charge in [-0.25, -0.2) is 0 Å². The topological polar surface area (TPSA) is 49.4 Å². The summed E-state index contributed by atoms with van der Waals surface area (Å²) in [5.74, 6) is -0.322. The van der Waals surface area contributed by atoms with Gasteiger partial charge in [0.25, 0.3) is 0 Å². The number of benzene rings is 3. The molecule has 0 saturated carbocycles. The van der Waals surface area contributed by atoms with Gasteiger partial charge >= 0.3 is 0 Å². The predicted molar refractivity (Wildman–Crippen MR) is 115 cm³/mol. The van der Waals surface area contributed by atoms with E-state index in [2.05, 4.69) is 5.32 Å². The fourth-order valence-electron chi connectivity index (χ4n) is 3.80. The summed E-state index contributed by atoms with van der Waals surface area (Å²) < 4.78 is 0. The molecule has 4 nitrogen and oxygen atoms in total. The van der Waals surface area contributed by atoms with Crippen molar-refractivity contribution < 1.29 is 9.59 Å². The summed E-state index contributed by atoms with van der Waals surface area (Å²) in [4.78, 5) is 27.6. The summed E-state index contributed by atoms with van der Waals surface area (Å²) in [6, 6.07) is 22.6. The van der Waals surface area contributed by atoms with E-state index in [1.807, 2.05) is 67.6 Å². The Hall–Kier alpha value is -3.11. The number of halogens is 1. The van der Waals surface area contributed by atoms with E-state index < -0.39 is 6.04 Å². The van der Waals surface area contributed by atoms with Gasteiger partial charge in [-0.15, -0.1) is 0 Å². The van der Waals surface area contributed by atoms with E-state index in [0.717, 1.165) is 22.3 Å². The maximum absolute atomic E-state index is 13.4. The Kier molecular flexibility index (Phi) is 5.36. The van der Waals surface area contributed by atoms with Crippen molar-refractivity contribution in [2.75, 3.05) is 11.9 Å². The molecule has 4 rings (SSSR count). The average Bonchev–Trinajstić information content (AvgIpc) is 2.84. The van der Waals surface area contributed by atoms with Gasteiger partial charge in [0.1, 0.15) is 6.54 Å². The van der Waals surface area contributed by atoms with Gasteiger partial charge in [-0.1, -0.05) is 71.8 Å². The van der Waals surface area contributed by atoms with Gasteiger partial charge in [0.15, 0.2) is 0 Å². The van der Waals surface area contributed by atoms with Crippen molar-refractivity contribution in [1.29, 1.82) is 0 Å². The zero-order chi connectivity index (χ0) is 20.4. The van der Waals surface area contributed by atoms with Crippen LogP contribution in [0.25, 0.3) is 0 Å². The molecule has 0 fully saturated rings. The molecule has 0 spiro atoms. The molecule has 0 bridgehead atoms. The fraction of sp³-hybridized carbons (Fsp3) is 0.167.